The molecule has 0 aromatic rings. The second kappa shape index (κ2) is 11.4. The summed E-state index contributed by atoms with van der Waals surface area (Å²) < 4.78 is 28.7. The molecule has 158 valence electrons. The molecule has 28 heavy (non-hydrogen) atoms. The summed E-state index contributed by atoms with van der Waals surface area (Å²) in [4.78, 5) is 15.8. The number of hydrogen-bond donors (Lipinski definition) is 0. The first kappa shape index (κ1) is 26.1. The van der Waals surface area contributed by atoms with E-state index in [9.17, 15) is 4.79 Å². The molecule has 2 bridgehead atoms. The third-order valence-electron chi connectivity index (χ3n) is 4.19. The quantitative estimate of drug-likeness (QED) is 0.162. The molecule has 0 aromatic carbocycles. The Balaban J connectivity index is 0.00000392. The van der Waals surface area contributed by atoms with Gasteiger partial charge < -0.3 is 23.7 Å². The van der Waals surface area contributed by atoms with E-state index >= 15 is 0 Å². The summed E-state index contributed by atoms with van der Waals surface area (Å²) in [5.74, 6) is -0.175. The monoisotopic (exact) mass is 621 g/mol. The largest absolute Gasteiger partial charge is 2.00 e. The van der Waals surface area contributed by atoms with E-state index in [1.54, 1.807) is 0 Å². The molecule has 2 rings (SSSR count). The van der Waals surface area contributed by atoms with Crippen molar-refractivity contribution in [3.63, 3.8) is 0 Å². The molecule has 2 aliphatic heterocycles. The van der Waals surface area contributed by atoms with E-state index in [4.69, 9.17) is 23.7 Å². The van der Waals surface area contributed by atoms with Gasteiger partial charge in [-0.05, 0) is 45.9 Å². The molecule has 0 amide bonds. The normalized spacial score (nSPS) is 29.4. The van der Waals surface area contributed by atoms with Gasteiger partial charge in [-0.2, -0.15) is 13.8 Å². The summed E-state index contributed by atoms with van der Waals surface area (Å²) in [6, 6.07) is -0.288. The van der Waals surface area contributed by atoms with Crippen LogP contribution < -0.4 is 0 Å². The number of rotatable bonds is 10. The molecule has 0 aromatic heterocycles. The number of fused-ring (bicyclic) bond motifs is 2. The average Bonchev–Trinajstić information content (AvgIpc) is 2.87. The Kier molecular flexibility index (Phi) is 10.6. The van der Waals surface area contributed by atoms with Crippen LogP contribution in [-0.2, 0) is 28.5 Å². The molecular weight excluding hydrogens is 588 g/mol. The Morgan fingerprint density at radius 1 is 1.36 bits per heavy atom. The molecule has 0 spiro atoms. The smallest absolute Gasteiger partial charge is 0.569 e. The van der Waals surface area contributed by atoms with Gasteiger partial charge in [0, 0.05) is 19.6 Å². The van der Waals surface area contributed by atoms with Gasteiger partial charge in [0.1, 0.15) is 5.60 Å². The van der Waals surface area contributed by atoms with Crippen LogP contribution in [0, 0.1) is 43.6 Å². The second-order valence-corrected chi connectivity index (χ2v) is 8.29. The van der Waals surface area contributed by atoms with E-state index < -0.39 is 17.5 Å². The van der Waals surface area contributed by atoms with E-state index in [1.165, 1.54) is 0 Å². The Hall–Kier alpha value is 0.0319. The fourth-order valence-corrected chi connectivity index (χ4v) is 3.13. The van der Waals surface area contributed by atoms with Gasteiger partial charge in [0.2, 0.25) is 0 Å². The number of ether oxygens (including phenoxy) is 5. The van der Waals surface area contributed by atoms with Crippen molar-refractivity contribution in [2.45, 2.75) is 83.5 Å². The van der Waals surface area contributed by atoms with Gasteiger partial charge in [-0.1, -0.05) is 6.10 Å². The summed E-state index contributed by atoms with van der Waals surface area (Å²) in [7, 11) is 0. The Morgan fingerprint density at radius 2 is 2.07 bits per heavy atom. The van der Waals surface area contributed by atoms with Gasteiger partial charge in [0.15, 0.2) is 6.29 Å². The van der Waals surface area contributed by atoms with Crippen LogP contribution >= 0.6 is 0 Å². The third-order valence-corrected chi connectivity index (χ3v) is 4.19. The van der Waals surface area contributed by atoms with E-state index in [0.717, 1.165) is 18.9 Å². The van der Waals surface area contributed by atoms with Gasteiger partial charge >= 0.3 is 37.1 Å². The van der Waals surface area contributed by atoms with Gasteiger partial charge in [0.05, 0.1) is 12.6 Å². The topological polar surface area (TPSA) is 75.6 Å². The fourth-order valence-electron chi connectivity index (χ4n) is 3.13. The molecular formula is C20H33NO6U. The zero-order valence-corrected chi connectivity index (χ0v) is 21.8. The van der Waals surface area contributed by atoms with Crippen molar-refractivity contribution in [3.8, 4) is 0 Å². The SMILES string of the molecule is C=N[C@H]1[C@H]2OC[C@@](COCCCCC(=O)OC(C)(C)C)([CH-][C@@H]1O[C-](C)C)O2.[U+2]. The van der Waals surface area contributed by atoms with Crippen molar-refractivity contribution >= 4 is 12.7 Å². The molecule has 2 saturated heterocycles. The van der Waals surface area contributed by atoms with Crippen LogP contribution in [0.15, 0.2) is 4.99 Å². The molecule has 7 nitrogen and oxygen atoms in total. The molecule has 8 heteroatoms. The summed E-state index contributed by atoms with van der Waals surface area (Å²) >= 11 is 0. The number of carbonyl (C=O) groups is 1. The second-order valence-electron chi connectivity index (χ2n) is 8.29. The summed E-state index contributed by atoms with van der Waals surface area (Å²) in [6.45, 7) is 14.4. The molecule has 2 heterocycles. The Bertz CT molecular complexity index is 509. The number of aliphatic imine (C=N–C) groups is 1. The van der Waals surface area contributed by atoms with Crippen LogP contribution in [-0.4, -0.2) is 62.1 Å². The molecule has 4 atom stereocenters. The number of hydrogen-bond acceptors (Lipinski definition) is 7. The molecule has 0 aliphatic carbocycles. The molecule has 0 N–H and O–H groups in total. The first-order valence-electron chi connectivity index (χ1n) is 9.52. The van der Waals surface area contributed by atoms with Gasteiger partial charge in [0.25, 0.3) is 0 Å². The van der Waals surface area contributed by atoms with Crippen LogP contribution in [0.25, 0.3) is 0 Å². The van der Waals surface area contributed by atoms with Gasteiger partial charge in [-0.25, -0.2) is 6.10 Å². The fraction of sp³-hybridized carbons (Fsp3) is 0.800. The average molecular weight is 622 g/mol. The van der Waals surface area contributed by atoms with Crippen LogP contribution in [0.5, 0.6) is 0 Å². The van der Waals surface area contributed by atoms with E-state index in [2.05, 4.69) is 11.7 Å². The minimum absolute atomic E-state index is 0. The number of nitrogens with zero attached hydrogens (tertiary/aromatic N) is 1. The number of carbonyl (C=O) groups excluding carboxylic acids is 1. The first-order valence-corrected chi connectivity index (χ1v) is 9.52. The summed E-state index contributed by atoms with van der Waals surface area (Å²) in [5, 5.41) is 0. The maximum atomic E-state index is 11.7. The minimum atomic E-state index is -0.628. The molecule has 2 aliphatic rings. The van der Waals surface area contributed by atoms with E-state index in [-0.39, 0.29) is 49.2 Å². The number of esters is 1. The van der Waals surface area contributed by atoms with Crippen molar-refractivity contribution in [1.82, 2.24) is 0 Å². The molecule has 2 fully saturated rings. The maximum absolute atomic E-state index is 11.7. The van der Waals surface area contributed by atoms with Crippen molar-refractivity contribution in [3.05, 3.63) is 12.5 Å². The molecule has 0 unspecified atom stereocenters. The predicted octanol–water partition coefficient (Wildman–Crippen LogP) is 2.87. The predicted molar refractivity (Wildman–Crippen MR) is 101 cm³/mol. The van der Waals surface area contributed by atoms with Crippen molar-refractivity contribution in [2.75, 3.05) is 19.8 Å². The van der Waals surface area contributed by atoms with E-state index in [1.807, 2.05) is 41.0 Å². The summed E-state index contributed by atoms with van der Waals surface area (Å²) in [6.07, 6.45) is 4.01. The maximum Gasteiger partial charge on any atom is 2.00 e. The zero-order chi connectivity index (χ0) is 20.1. The summed E-state index contributed by atoms with van der Waals surface area (Å²) in [5.41, 5.74) is -1.07. The first-order chi connectivity index (χ1) is 12.6. The van der Waals surface area contributed by atoms with Crippen LogP contribution in [0.2, 0.25) is 0 Å². The Morgan fingerprint density at radius 3 is 2.68 bits per heavy atom. The van der Waals surface area contributed by atoms with E-state index in [0.29, 0.717) is 26.2 Å². The molecule has 0 radical (unpaired) electrons. The van der Waals surface area contributed by atoms with Crippen molar-refractivity contribution in [1.29, 1.82) is 0 Å². The third kappa shape index (κ3) is 8.04. The van der Waals surface area contributed by atoms with Gasteiger partial charge in [-0.3, -0.25) is 16.2 Å². The Labute approximate surface area is 192 Å². The molecule has 0 saturated carbocycles. The van der Waals surface area contributed by atoms with Crippen molar-refractivity contribution < 1.29 is 59.6 Å². The number of unbranched alkanes of at least 4 members (excludes halogenated alkanes) is 1. The van der Waals surface area contributed by atoms with Crippen molar-refractivity contribution in [2.24, 2.45) is 4.99 Å². The zero-order valence-electron chi connectivity index (χ0n) is 17.7. The van der Waals surface area contributed by atoms with Crippen LogP contribution in [0.4, 0.5) is 0 Å². The minimum Gasteiger partial charge on any atom is -0.569 e. The van der Waals surface area contributed by atoms with Gasteiger partial charge in [-0.15, -0.1) is 0 Å². The van der Waals surface area contributed by atoms with Crippen LogP contribution in [0.1, 0.15) is 53.9 Å². The van der Waals surface area contributed by atoms with Crippen LogP contribution in [0.3, 0.4) is 0 Å². The standard InChI is InChI=1S/C20H33NO6.U/c1-14(2)25-15-11-20(13-24-18(27-20)17(15)21-6)12-23-10-8-7-9-16(22)26-19(3,4)5;/h11,15,17-18H,6-10,12-13H2,1-5H3;/q-2;+2/t15-,17+,18-,20-;/m0./s1.